The largest absolute Gasteiger partial charge is 0.309 e. The van der Waals surface area contributed by atoms with Crippen LogP contribution in [0.3, 0.4) is 0 Å². The molecule has 0 spiro atoms. The maximum absolute atomic E-state index is 12.6. The molecule has 154 valence electrons. The van der Waals surface area contributed by atoms with Crippen molar-refractivity contribution in [1.82, 2.24) is 14.8 Å². The predicted molar refractivity (Wildman–Crippen MR) is 121 cm³/mol. The normalized spacial score (nSPS) is 10.8. The van der Waals surface area contributed by atoms with Crippen molar-refractivity contribution in [1.29, 1.82) is 5.26 Å². The number of nitrogens with zero attached hydrogens (tertiary/aromatic N) is 4. The average molecular weight is 430 g/mol. The van der Waals surface area contributed by atoms with Gasteiger partial charge in [0.15, 0.2) is 11.6 Å². The van der Waals surface area contributed by atoms with Crippen molar-refractivity contribution < 1.29 is 4.79 Å². The minimum Gasteiger partial charge on any atom is -0.309 e. The van der Waals surface area contributed by atoms with Gasteiger partial charge in [-0.25, -0.2) is 4.98 Å². The Morgan fingerprint density at radius 3 is 2.68 bits per heavy atom. The molecular formula is C24H20ClN5O. The van der Waals surface area contributed by atoms with Crippen LogP contribution < -0.4 is 5.32 Å². The van der Waals surface area contributed by atoms with Gasteiger partial charge in [-0.15, -0.1) is 0 Å². The average Bonchev–Trinajstić information content (AvgIpc) is 3.16. The standard InChI is InChI=1S/C24H20ClN5O/c1-15-4-3-5-20-16(2)12-21(28-23(15)20)30-24(18(13-26)14-27-30)29-22(31)11-8-17-6-9-19(25)10-7-17/h3-7,9-10,12,14H,8,11H2,1-2H3,(H,29,31). The Hall–Kier alpha value is -3.69. The number of aromatic nitrogens is 3. The summed E-state index contributed by atoms with van der Waals surface area (Å²) in [6.07, 6.45) is 2.26. The van der Waals surface area contributed by atoms with E-state index in [9.17, 15) is 10.1 Å². The number of anilines is 1. The molecular weight excluding hydrogens is 410 g/mol. The third-order valence-corrected chi connectivity index (χ3v) is 5.41. The van der Waals surface area contributed by atoms with Gasteiger partial charge < -0.3 is 5.32 Å². The quantitative estimate of drug-likeness (QED) is 0.476. The van der Waals surface area contributed by atoms with Crippen molar-refractivity contribution >= 4 is 34.2 Å². The topological polar surface area (TPSA) is 83.6 Å². The van der Waals surface area contributed by atoms with E-state index < -0.39 is 0 Å². The van der Waals surface area contributed by atoms with Gasteiger partial charge in [-0.05, 0) is 55.2 Å². The molecule has 0 aliphatic heterocycles. The molecule has 7 heteroatoms. The molecule has 0 radical (unpaired) electrons. The van der Waals surface area contributed by atoms with E-state index in [-0.39, 0.29) is 17.9 Å². The van der Waals surface area contributed by atoms with E-state index in [0.717, 1.165) is 27.6 Å². The van der Waals surface area contributed by atoms with Crippen LogP contribution in [-0.4, -0.2) is 20.7 Å². The number of pyridine rings is 1. The second-order valence-electron chi connectivity index (χ2n) is 7.37. The summed E-state index contributed by atoms with van der Waals surface area (Å²) in [5.41, 5.74) is 4.24. The zero-order valence-electron chi connectivity index (χ0n) is 17.2. The Bertz CT molecular complexity index is 1320. The third-order valence-electron chi connectivity index (χ3n) is 5.15. The van der Waals surface area contributed by atoms with Gasteiger partial charge >= 0.3 is 0 Å². The molecule has 4 rings (SSSR count). The number of amides is 1. The zero-order valence-corrected chi connectivity index (χ0v) is 17.9. The van der Waals surface area contributed by atoms with Gasteiger partial charge in [0.25, 0.3) is 0 Å². The highest BCUT2D eigenvalue weighted by atomic mass is 35.5. The fourth-order valence-corrected chi connectivity index (χ4v) is 3.61. The van der Waals surface area contributed by atoms with Crippen molar-refractivity contribution in [2.24, 2.45) is 0 Å². The van der Waals surface area contributed by atoms with Gasteiger partial charge in [-0.1, -0.05) is 41.9 Å². The lowest BCUT2D eigenvalue weighted by molar-refractivity contribution is -0.116. The smallest absolute Gasteiger partial charge is 0.225 e. The molecule has 2 heterocycles. The number of hydrogen-bond donors (Lipinski definition) is 1. The van der Waals surface area contributed by atoms with Gasteiger partial charge in [0.05, 0.1) is 11.7 Å². The molecule has 2 aromatic carbocycles. The van der Waals surface area contributed by atoms with Crippen molar-refractivity contribution in [3.63, 3.8) is 0 Å². The molecule has 0 saturated carbocycles. The summed E-state index contributed by atoms with van der Waals surface area (Å²) in [5, 5.41) is 18.4. The maximum Gasteiger partial charge on any atom is 0.225 e. The summed E-state index contributed by atoms with van der Waals surface area (Å²) in [6.45, 7) is 4.01. The highest BCUT2D eigenvalue weighted by Crippen LogP contribution is 2.25. The maximum atomic E-state index is 12.6. The van der Waals surface area contributed by atoms with Gasteiger partial charge in [-0.2, -0.15) is 15.0 Å². The van der Waals surface area contributed by atoms with Crippen LogP contribution in [0.5, 0.6) is 0 Å². The second kappa shape index (κ2) is 8.58. The molecule has 0 bridgehead atoms. The summed E-state index contributed by atoms with van der Waals surface area (Å²) >= 11 is 5.91. The number of fused-ring (bicyclic) bond motifs is 1. The molecule has 0 fully saturated rings. The summed E-state index contributed by atoms with van der Waals surface area (Å²) in [6, 6.07) is 17.4. The van der Waals surface area contributed by atoms with Crippen LogP contribution in [0.25, 0.3) is 16.7 Å². The summed E-state index contributed by atoms with van der Waals surface area (Å²) in [7, 11) is 0. The fourth-order valence-electron chi connectivity index (χ4n) is 3.48. The zero-order chi connectivity index (χ0) is 22.0. The Balaban J connectivity index is 1.63. The first-order chi connectivity index (χ1) is 15.0. The third kappa shape index (κ3) is 4.27. The van der Waals surface area contributed by atoms with Gasteiger partial charge in [0.1, 0.15) is 11.6 Å². The summed E-state index contributed by atoms with van der Waals surface area (Å²) in [4.78, 5) is 17.4. The van der Waals surface area contributed by atoms with Crippen LogP contribution in [0.4, 0.5) is 5.82 Å². The molecule has 1 amide bonds. The van der Waals surface area contributed by atoms with E-state index in [4.69, 9.17) is 16.6 Å². The predicted octanol–water partition coefficient (Wildman–Crippen LogP) is 5.13. The first kappa shape index (κ1) is 20.6. The van der Waals surface area contributed by atoms with Gasteiger partial charge in [0, 0.05) is 16.8 Å². The van der Waals surface area contributed by atoms with Crippen molar-refractivity contribution in [3.05, 3.63) is 82.0 Å². The number of para-hydroxylation sites is 1. The first-order valence-corrected chi connectivity index (χ1v) is 10.2. The Labute approximate surface area is 185 Å². The number of rotatable bonds is 5. The molecule has 6 nitrogen and oxygen atoms in total. The van der Waals surface area contributed by atoms with Gasteiger partial charge in [-0.3, -0.25) is 4.79 Å². The second-order valence-corrected chi connectivity index (χ2v) is 7.81. The molecule has 4 aromatic rings. The number of carbonyl (C=O) groups excluding carboxylic acids is 1. The number of benzene rings is 2. The van der Waals surface area contributed by atoms with Crippen molar-refractivity contribution in [3.8, 4) is 11.9 Å². The lowest BCUT2D eigenvalue weighted by Crippen LogP contribution is -2.17. The molecule has 0 aliphatic carbocycles. The molecule has 0 unspecified atom stereocenters. The number of nitrogens with one attached hydrogen (secondary N) is 1. The summed E-state index contributed by atoms with van der Waals surface area (Å²) < 4.78 is 1.51. The molecule has 1 N–H and O–H groups in total. The van der Waals surface area contributed by atoms with Crippen LogP contribution in [0.2, 0.25) is 5.02 Å². The highest BCUT2D eigenvalue weighted by Gasteiger charge is 2.17. The van der Waals surface area contributed by atoms with Crippen molar-refractivity contribution in [2.75, 3.05) is 5.32 Å². The molecule has 2 aromatic heterocycles. The van der Waals surface area contributed by atoms with Crippen LogP contribution in [0.15, 0.2) is 54.7 Å². The monoisotopic (exact) mass is 429 g/mol. The molecule has 31 heavy (non-hydrogen) atoms. The van der Waals surface area contributed by atoms with Crippen LogP contribution in [0.1, 0.15) is 28.7 Å². The highest BCUT2D eigenvalue weighted by molar-refractivity contribution is 6.30. The van der Waals surface area contributed by atoms with E-state index in [1.54, 1.807) is 12.1 Å². The number of aryl methyl sites for hydroxylation is 3. The van der Waals surface area contributed by atoms with Crippen LogP contribution in [0, 0.1) is 25.2 Å². The van der Waals surface area contributed by atoms with Gasteiger partial charge in [0.2, 0.25) is 5.91 Å². The van der Waals surface area contributed by atoms with Crippen LogP contribution in [-0.2, 0) is 11.2 Å². The summed E-state index contributed by atoms with van der Waals surface area (Å²) in [5.74, 6) is 0.666. The van der Waals surface area contributed by atoms with Crippen LogP contribution >= 0.6 is 11.6 Å². The Morgan fingerprint density at radius 2 is 1.94 bits per heavy atom. The lowest BCUT2D eigenvalue weighted by atomic mass is 10.1. The fraction of sp³-hybridized carbons (Fsp3) is 0.167. The lowest BCUT2D eigenvalue weighted by Gasteiger charge is -2.12. The van der Waals surface area contributed by atoms with E-state index in [0.29, 0.717) is 23.1 Å². The van der Waals surface area contributed by atoms with E-state index >= 15 is 0 Å². The van der Waals surface area contributed by atoms with E-state index in [2.05, 4.69) is 16.5 Å². The Morgan fingerprint density at radius 1 is 1.16 bits per heavy atom. The molecule has 0 aliphatic rings. The minimum absolute atomic E-state index is 0.207. The number of hydrogen-bond acceptors (Lipinski definition) is 4. The number of carbonyl (C=O) groups is 1. The SMILES string of the molecule is Cc1cc(-n2ncc(C#N)c2NC(=O)CCc2ccc(Cl)cc2)nc2c(C)cccc12. The number of halogens is 1. The first-order valence-electron chi connectivity index (χ1n) is 9.86. The molecule has 0 atom stereocenters. The van der Waals surface area contributed by atoms with Crippen molar-refractivity contribution in [2.45, 2.75) is 26.7 Å². The Kier molecular flexibility index (Phi) is 5.70. The molecule has 0 saturated heterocycles. The van der Waals surface area contributed by atoms with E-state index in [1.807, 2.05) is 50.2 Å². The number of nitriles is 1. The van der Waals surface area contributed by atoms with E-state index in [1.165, 1.54) is 10.9 Å². The minimum atomic E-state index is -0.207.